The first-order valence-corrected chi connectivity index (χ1v) is 7.27. The topological polar surface area (TPSA) is 63.7 Å². The molecule has 0 radical (unpaired) electrons. The number of carbonyl (C=O) groups is 3. The second-order valence-electron chi connectivity index (χ2n) is 5.13. The van der Waals surface area contributed by atoms with Crippen molar-refractivity contribution in [2.75, 3.05) is 6.54 Å². The lowest BCUT2D eigenvalue weighted by Crippen LogP contribution is -2.36. The standard InChI is InChI=1S/C17H12ClNO4/c1-10-8-11(18)6-7-14(10)23-15(20)9-19-16(21)12-4-2-3-5-13(12)17(19)22/h2-8H,9H2,1H3. The van der Waals surface area contributed by atoms with Gasteiger partial charge in [-0.2, -0.15) is 0 Å². The van der Waals surface area contributed by atoms with E-state index in [-0.39, 0.29) is 0 Å². The number of hydrogen-bond acceptors (Lipinski definition) is 4. The second kappa shape index (κ2) is 5.85. The molecule has 0 saturated heterocycles. The quantitative estimate of drug-likeness (QED) is 0.493. The van der Waals surface area contributed by atoms with Gasteiger partial charge in [0, 0.05) is 5.02 Å². The first-order valence-electron chi connectivity index (χ1n) is 6.89. The Kier molecular flexibility index (Phi) is 3.88. The van der Waals surface area contributed by atoms with Crippen LogP contribution in [-0.4, -0.2) is 29.2 Å². The molecule has 2 aromatic rings. The van der Waals surface area contributed by atoms with E-state index in [0.717, 1.165) is 4.90 Å². The van der Waals surface area contributed by atoms with Crippen LogP contribution < -0.4 is 4.74 Å². The van der Waals surface area contributed by atoms with E-state index in [1.807, 2.05) is 0 Å². The molecule has 0 aliphatic carbocycles. The maximum Gasteiger partial charge on any atom is 0.331 e. The molecule has 23 heavy (non-hydrogen) atoms. The molecule has 116 valence electrons. The van der Waals surface area contributed by atoms with Crippen molar-refractivity contribution >= 4 is 29.4 Å². The molecule has 0 fully saturated rings. The Morgan fingerprint density at radius 2 is 1.70 bits per heavy atom. The smallest absolute Gasteiger partial charge is 0.331 e. The minimum absolute atomic E-state index is 0.299. The molecule has 2 aromatic carbocycles. The first kappa shape index (κ1) is 15.2. The molecular weight excluding hydrogens is 318 g/mol. The third kappa shape index (κ3) is 2.83. The summed E-state index contributed by atoms with van der Waals surface area (Å²) < 4.78 is 5.21. The summed E-state index contributed by atoms with van der Waals surface area (Å²) in [7, 11) is 0. The van der Waals surface area contributed by atoms with Crippen molar-refractivity contribution < 1.29 is 19.1 Å². The molecule has 1 aliphatic rings. The summed E-state index contributed by atoms with van der Waals surface area (Å²) in [4.78, 5) is 37.3. The zero-order valence-electron chi connectivity index (χ0n) is 12.2. The maximum atomic E-state index is 12.2. The Balaban J connectivity index is 1.74. The van der Waals surface area contributed by atoms with Gasteiger partial charge in [0.25, 0.3) is 11.8 Å². The van der Waals surface area contributed by atoms with E-state index in [0.29, 0.717) is 27.5 Å². The summed E-state index contributed by atoms with van der Waals surface area (Å²) in [5.74, 6) is -1.33. The minimum Gasteiger partial charge on any atom is -0.425 e. The van der Waals surface area contributed by atoms with Crippen molar-refractivity contribution in [2.24, 2.45) is 0 Å². The number of imide groups is 1. The number of carbonyl (C=O) groups excluding carboxylic acids is 3. The zero-order valence-corrected chi connectivity index (χ0v) is 13.0. The van der Waals surface area contributed by atoms with Crippen LogP contribution in [0.3, 0.4) is 0 Å². The Hall–Kier alpha value is -2.66. The average Bonchev–Trinajstić information content (AvgIpc) is 2.76. The van der Waals surface area contributed by atoms with Crippen molar-refractivity contribution in [3.8, 4) is 5.75 Å². The number of halogens is 1. The number of esters is 1. The van der Waals surface area contributed by atoms with E-state index in [1.165, 1.54) is 0 Å². The first-order chi connectivity index (χ1) is 11.0. The third-order valence-corrected chi connectivity index (χ3v) is 3.76. The fourth-order valence-corrected chi connectivity index (χ4v) is 2.62. The number of fused-ring (bicyclic) bond motifs is 1. The Morgan fingerprint density at radius 1 is 1.09 bits per heavy atom. The van der Waals surface area contributed by atoms with Crippen molar-refractivity contribution in [3.05, 3.63) is 64.2 Å². The number of amides is 2. The van der Waals surface area contributed by atoms with E-state index < -0.39 is 24.3 Å². The van der Waals surface area contributed by atoms with Gasteiger partial charge in [0.1, 0.15) is 12.3 Å². The van der Waals surface area contributed by atoms with E-state index in [4.69, 9.17) is 16.3 Å². The van der Waals surface area contributed by atoms with Gasteiger partial charge in [-0.1, -0.05) is 23.7 Å². The lowest BCUT2D eigenvalue weighted by molar-refractivity contribution is -0.134. The third-order valence-electron chi connectivity index (χ3n) is 3.53. The SMILES string of the molecule is Cc1cc(Cl)ccc1OC(=O)CN1C(=O)c2ccccc2C1=O. The summed E-state index contributed by atoms with van der Waals surface area (Å²) in [6, 6.07) is 11.3. The highest BCUT2D eigenvalue weighted by Gasteiger charge is 2.36. The summed E-state index contributed by atoms with van der Waals surface area (Å²) in [6.07, 6.45) is 0. The molecule has 3 rings (SSSR count). The van der Waals surface area contributed by atoms with Gasteiger partial charge in [-0.15, -0.1) is 0 Å². The van der Waals surface area contributed by atoms with E-state index in [2.05, 4.69) is 0 Å². The van der Waals surface area contributed by atoms with Gasteiger partial charge < -0.3 is 4.74 Å². The normalized spacial score (nSPS) is 13.2. The number of aryl methyl sites for hydroxylation is 1. The van der Waals surface area contributed by atoms with E-state index >= 15 is 0 Å². The molecule has 0 aromatic heterocycles. The van der Waals surface area contributed by atoms with Crippen LogP contribution in [0.15, 0.2) is 42.5 Å². The van der Waals surface area contributed by atoms with Crippen LogP contribution in [-0.2, 0) is 4.79 Å². The predicted octanol–water partition coefficient (Wildman–Crippen LogP) is 2.85. The number of nitrogens with zero attached hydrogens (tertiary/aromatic N) is 1. The molecule has 0 bridgehead atoms. The highest BCUT2D eigenvalue weighted by molar-refractivity contribution is 6.30. The maximum absolute atomic E-state index is 12.2. The van der Waals surface area contributed by atoms with Crippen LogP contribution in [0.2, 0.25) is 5.02 Å². The van der Waals surface area contributed by atoms with Crippen LogP contribution in [0.1, 0.15) is 26.3 Å². The summed E-state index contributed by atoms with van der Waals surface area (Å²) in [5.41, 5.74) is 1.29. The summed E-state index contributed by atoms with van der Waals surface area (Å²) in [5, 5.41) is 0.530. The molecule has 2 amide bonds. The highest BCUT2D eigenvalue weighted by Crippen LogP contribution is 2.24. The van der Waals surface area contributed by atoms with Crippen molar-refractivity contribution in [2.45, 2.75) is 6.92 Å². The van der Waals surface area contributed by atoms with Gasteiger partial charge in [0.2, 0.25) is 0 Å². The number of benzene rings is 2. The van der Waals surface area contributed by atoms with Crippen LogP contribution >= 0.6 is 11.6 Å². The van der Waals surface area contributed by atoms with Gasteiger partial charge in [-0.05, 0) is 42.8 Å². The van der Waals surface area contributed by atoms with E-state index in [1.54, 1.807) is 49.4 Å². The Bertz CT molecular complexity index is 796. The number of hydrogen-bond donors (Lipinski definition) is 0. The van der Waals surface area contributed by atoms with Gasteiger partial charge >= 0.3 is 5.97 Å². The van der Waals surface area contributed by atoms with Crippen molar-refractivity contribution in [1.82, 2.24) is 4.90 Å². The van der Waals surface area contributed by atoms with Gasteiger partial charge in [-0.25, -0.2) is 4.79 Å². The van der Waals surface area contributed by atoms with Crippen LogP contribution in [0.4, 0.5) is 0 Å². The lowest BCUT2D eigenvalue weighted by Gasteiger charge is -2.13. The molecule has 0 spiro atoms. The largest absolute Gasteiger partial charge is 0.425 e. The molecule has 6 heteroatoms. The Morgan fingerprint density at radius 3 is 2.26 bits per heavy atom. The molecule has 0 unspecified atom stereocenters. The molecule has 0 N–H and O–H groups in total. The average molecular weight is 330 g/mol. The van der Waals surface area contributed by atoms with Crippen LogP contribution in [0.5, 0.6) is 5.75 Å². The zero-order chi connectivity index (χ0) is 16.6. The fraction of sp³-hybridized carbons (Fsp3) is 0.118. The van der Waals surface area contributed by atoms with Crippen molar-refractivity contribution in [1.29, 1.82) is 0 Å². The molecule has 1 aliphatic heterocycles. The molecule has 1 heterocycles. The molecule has 5 nitrogen and oxygen atoms in total. The van der Waals surface area contributed by atoms with E-state index in [9.17, 15) is 14.4 Å². The lowest BCUT2D eigenvalue weighted by atomic mass is 10.1. The summed E-state index contributed by atoms with van der Waals surface area (Å²) >= 11 is 5.84. The van der Waals surface area contributed by atoms with Gasteiger partial charge in [-0.3, -0.25) is 14.5 Å². The van der Waals surface area contributed by atoms with Crippen LogP contribution in [0.25, 0.3) is 0 Å². The molecular formula is C17H12ClNO4. The van der Waals surface area contributed by atoms with Gasteiger partial charge in [0.05, 0.1) is 11.1 Å². The van der Waals surface area contributed by atoms with Gasteiger partial charge in [0.15, 0.2) is 0 Å². The number of ether oxygens (including phenoxy) is 1. The molecule has 0 atom stereocenters. The fourth-order valence-electron chi connectivity index (χ4n) is 2.39. The number of rotatable bonds is 3. The second-order valence-corrected chi connectivity index (χ2v) is 5.56. The van der Waals surface area contributed by atoms with Crippen molar-refractivity contribution in [3.63, 3.8) is 0 Å². The highest BCUT2D eigenvalue weighted by atomic mass is 35.5. The van der Waals surface area contributed by atoms with Crippen LogP contribution in [0, 0.1) is 6.92 Å². The predicted molar refractivity (Wildman–Crippen MR) is 83.6 cm³/mol. The Labute approximate surface area is 137 Å². The summed E-state index contributed by atoms with van der Waals surface area (Å²) in [6.45, 7) is 1.31. The minimum atomic E-state index is -0.690. The monoisotopic (exact) mass is 329 g/mol. The molecule has 0 saturated carbocycles.